The molecule has 0 fully saturated rings. The van der Waals surface area contributed by atoms with Gasteiger partial charge in [-0.25, -0.2) is 0 Å². The second kappa shape index (κ2) is 4.75. The summed E-state index contributed by atoms with van der Waals surface area (Å²) in [6.45, 7) is 4.28. The lowest BCUT2D eigenvalue weighted by Gasteiger charge is -2.11. The zero-order valence-electron chi connectivity index (χ0n) is 10.1. The van der Waals surface area contributed by atoms with E-state index in [4.69, 9.17) is 4.74 Å². The number of rotatable bonds is 3. The van der Waals surface area contributed by atoms with Crippen LogP contribution < -0.4 is 9.61 Å². The second-order valence-corrected chi connectivity index (χ2v) is 5.02. The number of thiazole rings is 1. The summed E-state index contributed by atoms with van der Waals surface area (Å²) in [4.78, 5) is 14.0. The normalized spacial score (nSPS) is 10.8. The number of aromatic nitrogens is 1. The molecule has 1 aromatic carbocycles. The predicted octanol–water partition coefficient (Wildman–Crippen LogP) is 3.24. The fraction of sp³-hybridized carbons (Fsp3) is 0.308. The molecule has 3 nitrogen and oxygen atoms in total. The molecule has 0 amide bonds. The van der Waals surface area contributed by atoms with E-state index >= 15 is 0 Å². The minimum Gasteiger partial charge on any atom is -0.496 e. The maximum Gasteiger partial charge on any atom is 0.304 e. The number of methoxy groups -OCH3 is 1. The lowest BCUT2D eigenvalue weighted by Crippen LogP contribution is -1.96. The number of hydrogen-bond donors (Lipinski definition) is 1. The van der Waals surface area contributed by atoms with Gasteiger partial charge in [-0.1, -0.05) is 31.3 Å². The van der Waals surface area contributed by atoms with Crippen LogP contribution in [0, 0.1) is 0 Å². The molecule has 4 heteroatoms. The third kappa shape index (κ3) is 2.42. The maximum atomic E-state index is 11.2. The summed E-state index contributed by atoms with van der Waals surface area (Å²) in [7, 11) is 1.64. The molecule has 0 bridgehead atoms. The lowest BCUT2D eigenvalue weighted by atomic mass is 9.99. The molecule has 0 unspecified atom stereocenters. The first-order chi connectivity index (χ1) is 8.11. The van der Waals surface area contributed by atoms with Crippen LogP contribution in [-0.4, -0.2) is 12.1 Å². The molecule has 0 aliphatic carbocycles. The van der Waals surface area contributed by atoms with Gasteiger partial charge in [-0.3, -0.25) is 4.79 Å². The van der Waals surface area contributed by atoms with Crippen molar-refractivity contribution in [1.29, 1.82) is 0 Å². The third-order valence-corrected chi connectivity index (χ3v) is 3.37. The molecular formula is C13H15NO2S. The molecule has 1 heterocycles. The molecular weight excluding hydrogens is 234 g/mol. The molecule has 0 atom stereocenters. The van der Waals surface area contributed by atoms with Crippen molar-refractivity contribution in [3.05, 3.63) is 38.8 Å². The monoisotopic (exact) mass is 249 g/mol. The standard InChI is InChI=1S/C13H15NO2S/c1-8(2)9-4-5-12(16-3)10(6-9)11-7-17-13(15)14-11/h4-8H,1-3H3,(H,14,15). The summed E-state index contributed by atoms with van der Waals surface area (Å²) in [6, 6.07) is 6.07. The molecule has 0 aliphatic rings. The van der Waals surface area contributed by atoms with Crippen molar-refractivity contribution in [2.45, 2.75) is 19.8 Å². The van der Waals surface area contributed by atoms with Gasteiger partial charge in [0.05, 0.1) is 12.8 Å². The fourth-order valence-corrected chi connectivity index (χ4v) is 2.29. The molecule has 90 valence electrons. The van der Waals surface area contributed by atoms with Crippen molar-refractivity contribution in [3.63, 3.8) is 0 Å². The Kier molecular flexibility index (Phi) is 3.33. The van der Waals surface area contributed by atoms with Crippen LogP contribution in [0.25, 0.3) is 11.3 Å². The van der Waals surface area contributed by atoms with Gasteiger partial charge >= 0.3 is 4.87 Å². The number of H-pyrrole nitrogens is 1. The Balaban J connectivity index is 2.57. The summed E-state index contributed by atoms with van der Waals surface area (Å²) in [5, 5.41) is 1.82. The Morgan fingerprint density at radius 1 is 1.35 bits per heavy atom. The molecule has 0 saturated heterocycles. The van der Waals surface area contributed by atoms with Gasteiger partial charge in [-0.05, 0) is 23.6 Å². The zero-order valence-corrected chi connectivity index (χ0v) is 10.9. The summed E-state index contributed by atoms with van der Waals surface area (Å²) in [5.41, 5.74) is 2.99. The van der Waals surface area contributed by atoms with Crippen molar-refractivity contribution in [2.75, 3.05) is 7.11 Å². The van der Waals surface area contributed by atoms with Gasteiger partial charge < -0.3 is 9.72 Å². The maximum absolute atomic E-state index is 11.2. The first kappa shape index (κ1) is 11.9. The average molecular weight is 249 g/mol. The molecule has 1 N–H and O–H groups in total. The minimum atomic E-state index is -0.0444. The van der Waals surface area contributed by atoms with Crippen molar-refractivity contribution in [2.24, 2.45) is 0 Å². The Labute approximate surface area is 104 Å². The number of nitrogens with one attached hydrogen (secondary N) is 1. The number of aromatic amines is 1. The van der Waals surface area contributed by atoms with Crippen LogP contribution in [0.4, 0.5) is 0 Å². The van der Waals surface area contributed by atoms with Crippen molar-refractivity contribution >= 4 is 11.3 Å². The third-order valence-electron chi connectivity index (χ3n) is 2.70. The number of benzene rings is 1. The smallest absolute Gasteiger partial charge is 0.304 e. The van der Waals surface area contributed by atoms with Crippen LogP contribution in [0.1, 0.15) is 25.3 Å². The van der Waals surface area contributed by atoms with Crippen molar-refractivity contribution < 1.29 is 4.74 Å². The Bertz CT molecular complexity index is 569. The molecule has 0 radical (unpaired) electrons. The van der Waals surface area contributed by atoms with E-state index in [9.17, 15) is 4.79 Å². The van der Waals surface area contributed by atoms with Crippen molar-refractivity contribution in [1.82, 2.24) is 4.98 Å². The predicted molar refractivity (Wildman–Crippen MR) is 71.0 cm³/mol. The topological polar surface area (TPSA) is 42.1 Å². The highest BCUT2D eigenvalue weighted by atomic mass is 32.1. The quantitative estimate of drug-likeness (QED) is 0.907. The first-order valence-corrected chi connectivity index (χ1v) is 6.36. The van der Waals surface area contributed by atoms with Gasteiger partial charge in [0.25, 0.3) is 0 Å². The van der Waals surface area contributed by atoms with Crippen LogP contribution in [-0.2, 0) is 0 Å². The van der Waals surface area contributed by atoms with Crippen molar-refractivity contribution in [3.8, 4) is 17.0 Å². The van der Waals surface area contributed by atoms with Crippen LogP contribution in [0.2, 0.25) is 0 Å². The molecule has 0 aliphatic heterocycles. The molecule has 2 rings (SSSR count). The van der Waals surface area contributed by atoms with Gasteiger partial charge in [0.15, 0.2) is 0 Å². The van der Waals surface area contributed by atoms with Crippen LogP contribution in [0.3, 0.4) is 0 Å². The lowest BCUT2D eigenvalue weighted by molar-refractivity contribution is 0.416. The summed E-state index contributed by atoms with van der Waals surface area (Å²) < 4.78 is 5.33. The van der Waals surface area contributed by atoms with Gasteiger partial charge in [0.1, 0.15) is 5.75 Å². The fourth-order valence-electron chi connectivity index (χ4n) is 1.71. The molecule has 2 aromatic rings. The summed E-state index contributed by atoms with van der Waals surface area (Å²) in [5.74, 6) is 1.23. The minimum absolute atomic E-state index is 0.0444. The summed E-state index contributed by atoms with van der Waals surface area (Å²) in [6.07, 6.45) is 0. The van der Waals surface area contributed by atoms with E-state index in [1.54, 1.807) is 7.11 Å². The number of ether oxygens (including phenoxy) is 1. The van der Waals surface area contributed by atoms with E-state index in [0.29, 0.717) is 5.92 Å². The zero-order chi connectivity index (χ0) is 12.4. The van der Waals surface area contributed by atoms with E-state index in [1.165, 1.54) is 16.9 Å². The van der Waals surface area contributed by atoms with Gasteiger partial charge in [-0.2, -0.15) is 0 Å². The van der Waals surface area contributed by atoms with E-state index in [2.05, 4.69) is 31.0 Å². The number of hydrogen-bond acceptors (Lipinski definition) is 3. The molecule has 17 heavy (non-hydrogen) atoms. The van der Waals surface area contributed by atoms with E-state index in [0.717, 1.165) is 17.0 Å². The first-order valence-electron chi connectivity index (χ1n) is 5.48. The van der Waals surface area contributed by atoms with E-state index in [-0.39, 0.29) is 4.87 Å². The highest BCUT2D eigenvalue weighted by Gasteiger charge is 2.10. The van der Waals surface area contributed by atoms with E-state index in [1.807, 2.05) is 11.4 Å². The van der Waals surface area contributed by atoms with Crippen LogP contribution >= 0.6 is 11.3 Å². The second-order valence-electron chi connectivity index (χ2n) is 4.18. The highest BCUT2D eigenvalue weighted by Crippen LogP contribution is 2.31. The Morgan fingerprint density at radius 3 is 2.65 bits per heavy atom. The molecule has 1 aromatic heterocycles. The Hall–Kier alpha value is -1.55. The van der Waals surface area contributed by atoms with E-state index < -0.39 is 0 Å². The Morgan fingerprint density at radius 2 is 2.12 bits per heavy atom. The highest BCUT2D eigenvalue weighted by molar-refractivity contribution is 7.07. The van der Waals surface area contributed by atoms with Gasteiger partial charge in [-0.15, -0.1) is 0 Å². The average Bonchev–Trinajstić information content (AvgIpc) is 2.74. The largest absolute Gasteiger partial charge is 0.496 e. The molecule has 0 saturated carbocycles. The van der Waals surface area contributed by atoms with Crippen LogP contribution in [0.15, 0.2) is 28.4 Å². The summed E-state index contributed by atoms with van der Waals surface area (Å²) >= 11 is 1.17. The SMILES string of the molecule is COc1ccc(C(C)C)cc1-c1csc(=O)[nH]1. The van der Waals surface area contributed by atoms with Gasteiger partial charge in [0.2, 0.25) is 0 Å². The van der Waals surface area contributed by atoms with Gasteiger partial charge in [0, 0.05) is 10.9 Å². The van der Waals surface area contributed by atoms with Crippen LogP contribution in [0.5, 0.6) is 5.75 Å². The molecule has 0 spiro atoms.